The Hall–Kier alpha value is -4.11. The maximum Gasteiger partial charge on any atom is 0.417 e. The number of hydrogen-bond acceptors (Lipinski definition) is 5. The van der Waals surface area contributed by atoms with Gasteiger partial charge in [0.15, 0.2) is 0 Å². The minimum absolute atomic E-state index is 0.145. The second-order valence-electron chi connectivity index (χ2n) is 8.91. The van der Waals surface area contributed by atoms with Gasteiger partial charge in [-0.05, 0) is 86.2 Å². The monoisotopic (exact) mass is 520 g/mol. The van der Waals surface area contributed by atoms with E-state index in [9.17, 15) is 14.0 Å². The Kier molecular flexibility index (Phi) is 8.81. The first-order valence-electron chi connectivity index (χ1n) is 12.7. The molecule has 0 bridgehead atoms. The van der Waals surface area contributed by atoms with Crippen LogP contribution in [-0.4, -0.2) is 47.1 Å². The van der Waals surface area contributed by atoms with Gasteiger partial charge in [0.1, 0.15) is 17.3 Å². The van der Waals surface area contributed by atoms with Crippen molar-refractivity contribution in [1.82, 2.24) is 14.3 Å². The second kappa shape index (κ2) is 12.4. The van der Waals surface area contributed by atoms with Crippen LogP contribution in [0.1, 0.15) is 25.8 Å². The first-order chi connectivity index (χ1) is 18.4. The van der Waals surface area contributed by atoms with Crippen molar-refractivity contribution in [3.8, 4) is 11.5 Å². The van der Waals surface area contributed by atoms with Crippen LogP contribution in [0.2, 0.25) is 0 Å². The zero-order valence-corrected chi connectivity index (χ0v) is 21.9. The van der Waals surface area contributed by atoms with Gasteiger partial charge in [0, 0.05) is 12.2 Å². The number of nitrogens with zero attached hydrogens (tertiary/aromatic N) is 3. The number of fused-ring (bicyclic) bond motifs is 1. The van der Waals surface area contributed by atoms with E-state index in [4.69, 9.17) is 9.47 Å². The van der Waals surface area contributed by atoms with Crippen molar-refractivity contribution < 1.29 is 18.7 Å². The minimum Gasteiger partial charge on any atom is -0.497 e. The third-order valence-electron chi connectivity index (χ3n) is 6.53. The number of carbonyl (C=O) groups is 1. The summed E-state index contributed by atoms with van der Waals surface area (Å²) < 4.78 is 27.6. The summed E-state index contributed by atoms with van der Waals surface area (Å²) in [6.45, 7) is 7.97. The van der Waals surface area contributed by atoms with Gasteiger partial charge < -0.3 is 14.4 Å². The van der Waals surface area contributed by atoms with Gasteiger partial charge in [0.25, 0.3) is 5.56 Å². The Balaban J connectivity index is 1.59. The van der Waals surface area contributed by atoms with Gasteiger partial charge in [0.2, 0.25) is 0 Å². The first kappa shape index (κ1) is 26.9. The fraction of sp³-hybridized carbons (Fsp3) is 0.310. The number of benzene rings is 3. The molecule has 9 heteroatoms. The molecule has 1 aromatic heterocycles. The molecule has 1 N–H and O–H groups in total. The summed E-state index contributed by atoms with van der Waals surface area (Å²) in [6, 6.07) is 18.1. The predicted molar refractivity (Wildman–Crippen MR) is 147 cm³/mol. The standard InChI is InChI=1S/C29H33FN4O4/c1-4-32(5-2)17-6-18-33-28(35)26-19-23(31-29(36)38-25-14-12-24(37-3)13-15-25)11-16-27(26)34(33)20-21-7-9-22(30)10-8-21/h7-16,19H,4-6,17-18,20H2,1-3H3,(H,31,36). The second-order valence-corrected chi connectivity index (χ2v) is 8.91. The van der Waals surface area contributed by atoms with Gasteiger partial charge in [-0.15, -0.1) is 0 Å². The Morgan fingerprint density at radius 1 is 0.947 bits per heavy atom. The third-order valence-corrected chi connectivity index (χ3v) is 6.53. The highest BCUT2D eigenvalue weighted by Crippen LogP contribution is 2.21. The van der Waals surface area contributed by atoms with E-state index in [2.05, 4.69) is 24.1 Å². The topological polar surface area (TPSA) is 77.7 Å². The normalized spacial score (nSPS) is 11.2. The molecule has 0 atom stereocenters. The lowest BCUT2D eigenvalue weighted by Gasteiger charge is -2.19. The summed E-state index contributed by atoms with van der Waals surface area (Å²) >= 11 is 0. The van der Waals surface area contributed by atoms with Crippen LogP contribution < -0.4 is 20.3 Å². The molecule has 0 saturated carbocycles. The number of methoxy groups -OCH3 is 1. The molecule has 1 heterocycles. The lowest BCUT2D eigenvalue weighted by atomic mass is 10.2. The number of anilines is 1. The quantitative estimate of drug-likeness (QED) is 0.289. The summed E-state index contributed by atoms with van der Waals surface area (Å²) in [5, 5.41) is 3.18. The van der Waals surface area contributed by atoms with Crippen LogP contribution in [0.3, 0.4) is 0 Å². The highest BCUT2D eigenvalue weighted by Gasteiger charge is 2.16. The molecule has 38 heavy (non-hydrogen) atoms. The first-order valence-corrected chi connectivity index (χ1v) is 12.7. The van der Waals surface area contributed by atoms with Crippen molar-refractivity contribution in [2.45, 2.75) is 33.4 Å². The van der Waals surface area contributed by atoms with Gasteiger partial charge in [0.05, 0.1) is 24.6 Å². The number of nitrogens with one attached hydrogen (secondary N) is 1. The highest BCUT2D eigenvalue weighted by atomic mass is 19.1. The summed E-state index contributed by atoms with van der Waals surface area (Å²) in [5.41, 5.74) is 1.92. The largest absolute Gasteiger partial charge is 0.497 e. The molecule has 0 spiro atoms. The molecule has 0 saturated heterocycles. The van der Waals surface area contributed by atoms with Crippen molar-refractivity contribution in [2.24, 2.45) is 0 Å². The number of halogens is 1. The maximum absolute atomic E-state index is 13.5. The number of aromatic nitrogens is 2. The molecule has 4 rings (SSSR count). The van der Waals surface area contributed by atoms with Crippen molar-refractivity contribution in [3.05, 3.63) is 88.5 Å². The zero-order valence-electron chi connectivity index (χ0n) is 21.9. The van der Waals surface area contributed by atoms with Gasteiger partial charge in [-0.3, -0.25) is 14.8 Å². The fourth-order valence-electron chi connectivity index (χ4n) is 4.42. The van der Waals surface area contributed by atoms with Crippen molar-refractivity contribution >= 4 is 22.7 Å². The van der Waals surface area contributed by atoms with Gasteiger partial charge in [-0.25, -0.2) is 13.9 Å². The molecule has 8 nitrogen and oxygen atoms in total. The van der Waals surface area contributed by atoms with Gasteiger partial charge in [-0.2, -0.15) is 0 Å². The summed E-state index contributed by atoms with van der Waals surface area (Å²) in [5.74, 6) is 0.715. The fourth-order valence-corrected chi connectivity index (χ4v) is 4.42. The van der Waals surface area contributed by atoms with E-state index in [-0.39, 0.29) is 11.4 Å². The lowest BCUT2D eigenvalue weighted by Crippen LogP contribution is -2.28. The number of amides is 1. The van der Waals surface area contributed by atoms with Gasteiger partial charge in [-0.1, -0.05) is 26.0 Å². The molecule has 0 unspecified atom stereocenters. The molecule has 0 aliphatic heterocycles. The Bertz CT molecular complexity index is 1420. The molecule has 0 fully saturated rings. The molecule has 200 valence electrons. The van der Waals surface area contributed by atoms with Crippen LogP contribution in [-0.2, 0) is 13.1 Å². The van der Waals surface area contributed by atoms with E-state index in [1.165, 1.54) is 12.1 Å². The van der Waals surface area contributed by atoms with Crippen molar-refractivity contribution in [2.75, 3.05) is 32.1 Å². The molecular formula is C29H33FN4O4. The van der Waals surface area contributed by atoms with E-state index in [0.717, 1.165) is 37.1 Å². The molecule has 0 aliphatic rings. The van der Waals surface area contributed by atoms with Crippen LogP contribution in [0, 0.1) is 5.82 Å². The summed E-state index contributed by atoms with van der Waals surface area (Å²) in [4.78, 5) is 28.3. The molecular weight excluding hydrogens is 487 g/mol. The molecule has 3 aromatic carbocycles. The van der Waals surface area contributed by atoms with E-state index >= 15 is 0 Å². The molecule has 0 radical (unpaired) electrons. The Morgan fingerprint density at radius 3 is 2.29 bits per heavy atom. The van der Waals surface area contributed by atoms with Crippen molar-refractivity contribution in [1.29, 1.82) is 0 Å². The lowest BCUT2D eigenvalue weighted by molar-refractivity contribution is 0.215. The number of rotatable bonds is 11. The average Bonchev–Trinajstić information content (AvgIpc) is 3.18. The van der Waals surface area contributed by atoms with Crippen LogP contribution in [0.5, 0.6) is 11.5 Å². The maximum atomic E-state index is 13.5. The smallest absolute Gasteiger partial charge is 0.417 e. The van der Waals surface area contributed by atoms with Crippen LogP contribution in [0.25, 0.3) is 10.9 Å². The average molecular weight is 521 g/mol. The summed E-state index contributed by atoms with van der Waals surface area (Å²) in [7, 11) is 1.56. The molecule has 1 amide bonds. The molecule has 0 aliphatic carbocycles. The zero-order chi connectivity index (χ0) is 27.1. The number of hydrogen-bond donors (Lipinski definition) is 1. The van der Waals surface area contributed by atoms with Gasteiger partial charge >= 0.3 is 6.09 Å². The third kappa shape index (κ3) is 6.41. The highest BCUT2D eigenvalue weighted by molar-refractivity contribution is 5.90. The SMILES string of the molecule is CCN(CC)CCCn1c(=O)c2cc(NC(=O)Oc3ccc(OC)cc3)ccc2n1Cc1ccc(F)cc1. The van der Waals surface area contributed by atoms with Crippen molar-refractivity contribution in [3.63, 3.8) is 0 Å². The number of carbonyl (C=O) groups excluding carboxylic acids is 1. The van der Waals surface area contributed by atoms with E-state index < -0.39 is 6.09 Å². The van der Waals surface area contributed by atoms with E-state index in [1.807, 2.05) is 10.7 Å². The van der Waals surface area contributed by atoms with Crippen LogP contribution in [0.4, 0.5) is 14.9 Å². The number of ether oxygens (including phenoxy) is 2. The minimum atomic E-state index is -0.667. The van der Waals surface area contributed by atoms with E-state index in [0.29, 0.717) is 35.7 Å². The Labute approximate surface area is 221 Å². The predicted octanol–water partition coefficient (Wildman–Crippen LogP) is 5.34. The van der Waals surface area contributed by atoms with Crippen LogP contribution >= 0.6 is 0 Å². The summed E-state index contributed by atoms with van der Waals surface area (Å²) in [6.07, 6.45) is 0.139. The van der Waals surface area contributed by atoms with Crippen LogP contribution in [0.15, 0.2) is 71.5 Å². The Morgan fingerprint density at radius 2 is 1.63 bits per heavy atom. The van der Waals surface area contributed by atoms with E-state index in [1.54, 1.807) is 60.3 Å². The molecule has 4 aromatic rings.